The molecule has 3 aromatic rings. The number of nitrogens with zero attached hydrogens (tertiary/aromatic N) is 2. The fourth-order valence-electron chi connectivity index (χ4n) is 4.17. The van der Waals surface area contributed by atoms with Crippen LogP contribution in [0.3, 0.4) is 0 Å². The number of halogens is 3. The van der Waals surface area contributed by atoms with Crippen LogP contribution in [0.15, 0.2) is 54.7 Å². The zero-order valence-corrected chi connectivity index (χ0v) is 22.9. The van der Waals surface area contributed by atoms with Crippen LogP contribution in [0, 0.1) is 6.92 Å². The molecule has 0 atom stereocenters. The third-order valence-corrected chi connectivity index (χ3v) is 6.50. The summed E-state index contributed by atoms with van der Waals surface area (Å²) in [7, 11) is 1.83. The van der Waals surface area contributed by atoms with E-state index in [4.69, 9.17) is 0 Å². The summed E-state index contributed by atoms with van der Waals surface area (Å²) in [6.07, 6.45) is -3.09. The fourth-order valence-corrected chi connectivity index (χ4v) is 4.17. The predicted molar refractivity (Wildman–Crippen MR) is 151 cm³/mol. The number of hydrogen-bond acceptors (Lipinski definition) is 6. The molecule has 0 spiro atoms. The number of alkyl halides is 3. The molecule has 3 rings (SSSR count). The highest BCUT2D eigenvalue weighted by atomic mass is 19.4. The second kappa shape index (κ2) is 14.0. The number of aryl methyl sites for hydroxylation is 1. The first-order chi connectivity index (χ1) is 18.7. The molecule has 0 aliphatic rings. The van der Waals surface area contributed by atoms with Crippen LogP contribution >= 0.6 is 0 Å². The van der Waals surface area contributed by atoms with Gasteiger partial charge in [0.2, 0.25) is 0 Å². The molecule has 1 aromatic heterocycles. The number of amides is 1. The number of carbonyl (C=O) groups is 1. The molecular weight excluding hydrogens is 505 g/mol. The maximum atomic E-state index is 13.8. The molecule has 0 fully saturated rings. The summed E-state index contributed by atoms with van der Waals surface area (Å²) in [5.74, 6) is 0.0746. The summed E-state index contributed by atoms with van der Waals surface area (Å²) in [4.78, 5) is 18.8. The van der Waals surface area contributed by atoms with Crippen LogP contribution in [0.25, 0.3) is 0 Å². The molecule has 39 heavy (non-hydrogen) atoms. The number of anilines is 4. The third-order valence-electron chi connectivity index (χ3n) is 6.50. The van der Waals surface area contributed by atoms with Crippen molar-refractivity contribution in [2.45, 2.75) is 33.4 Å². The van der Waals surface area contributed by atoms with Gasteiger partial charge in [0.05, 0.1) is 11.3 Å². The Morgan fingerprint density at radius 2 is 1.69 bits per heavy atom. The lowest BCUT2D eigenvalue weighted by Crippen LogP contribution is -2.34. The maximum Gasteiger partial charge on any atom is 0.419 e. The number of aromatic nitrogens is 1. The Balaban J connectivity index is 1.79. The Kier molecular flexibility index (Phi) is 10.7. The number of likely N-dealkylation sites (N-methyl/N-ethyl adjacent to an activating group) is 2. The number of pyridine rings is 1. The smallest absolute Gasteiger partial charge is 0.355 e. The molecule has 0 unspecified atom stereocenters. The number of para-hydroxylation sites is 1. The van der Waals surface area contributed by atoms with Crippen molar-refractivity contribution in [1.82, 2.24) is 20.5 Å². The highest BCUT2D eigenvalue weighted by Gasteiger charge is 2.34. The van der Waals surface area contributed by atoms with Crippen molar-refractivity contribution >= 4 is 28.8 Å². The van der Waals surface area contributed by atoms with E-state index in [1.54, 1.807) is 30.3 Å². The van der Waals surface area contributed by atoms with Crippen molar-refractivity contribution in [1.29, 1.82) is 0 Å². The number of carbonyl (C=O) groups excluding carboxylic acids is 1. The van der Waals surface area contributed by atoms with E-state index in [0.717, 1.165) is 37.0 Å². The van der Waals surface area contributed by atoms with Crippen molar-refractivity contribution in [2.24, 2.45) is 0 Å². The topological polar surface area (TPSA) is 81.3 Å². The monoisotopic (exact) mass is 542 g/mol. The quantitative estimate of drug-likeness (QED) is 0.221. The Morgan fingerprint density at radius 1 is 0.949 bits per heavy atom. The van der Waals surface area contributed by atoms with Gasteiger partial charge in [-0.2, -0.15) is 13.2 Å². The third kappa shape index (κ3) is 8.43. The van der Waals surface area contributed by atoms with E-state index in [1.165, 1.54) is 6.07 Å². The van der Waals surface area contributed by atoms with Crippen LogP contribution in [0.1, 0.15) is 40.9 Å². The maximum absolute atomic E-state index is 13.8. The van der Waals surface area contributed by atoms with Gasteiger partial charge < -0.3 is 26.2 Å². The van der Waals surface area contributed by atoms with Gasteiger partial charge in [0.15, 0.2) is 0 Å². The first-order valence-corrected chi connectivity index (χ1v) is 13.1. The molecule has 0 radical (unpaired) electrons. The highest BCUT2D eigenvalue weighted by Crippen LogP contribution is 2.37. The molecule has 10 heteroatoms. The summed E-state index contributed by atoms with van der Waals surface area (Å²) in [5.41, 5.74) is 2.46. The van der Waals surface area contributed by atoms with Crippen LogP contribution < -0.4 is 21.3 Å². The minimum absolute atomic E-state index is 0.0984. The zero-order chi connectivity index (χ0) is 28.4. The average Bonchev–Trinajstić information content (AvgIpc) is 2.91. The zero-order valence-electron chi connectivity index (χ0n) is 22.9. The van der Waals surface area contributed by atoms with Gasteiger partial charge in [-0.1, -0.05) is 32.0 Å². The van der Waals surface area contributed by atoms with Crippen LogP contribution in [0.5, 0.6) is 0 Å². The lowest BCUT2D eigenvalue weighted by atomic mass is 10.1. The van der Waals surface area contributed by atoms with Crippen molar-refractivity contribution < 1.29 is 18.0 Å². The van der Waals surface area contributed by atoms with E-state index in [9.17, 15) is 18.0 Å². The molecule has 0 saturated heterocycles. The molecule has 0 aliphatic carbocycles. The largest absolute Gasteiger partial charge is 0.419 e. The minimum Gasteiger partial charge on any atom is -0.355 e. The molecule has 210 valence electrons. The molecule has 1 amide bonds. The molecule has 1 heterocycles. The normalized spacial score (nSPS) is 11.5. The van der Waals surface area contributed by atoms with E-state index >= 15 is 0 Å². The molecular formula is C29H37F3N6O. The summed E-state index contributed by atoms with van der Waals surface area (Å²) < 4.78 is 41.5. The van der Waals surface area contributed by atoms with E-state index in [2.05, 4.69) is 45.0 Å². The Labute approximate surface area is 228 Å². The van der Waals surface area contributed by atoms with Crippen LogP contribution in [-0.2, 0) is 12.6 Å². The lowest BCUT2D eigenvalue weighted by molar-refractivity contribution is -0.137. The van der Waals surface area contributed by atoms with Gasteiger partial charge in [0.1, 0.15) is 5.82 Å². The van der Waals surface area contributed by atoms with Gasteiger partial charge in [0, 0.05) is 42.3 Å². The van der Waals surface area contributed by atoms with Crippen molar-refractivity contribution in [3.63, 3.8) is 0 Å². The van der Waals surface area contributed by atoms with E-state index in [-0.39, 0.29) is 17.4 Å². The predicted octanol–water partition coefficient (Wildman–Crippen LogP) is 5.73. The summed E-state index contributed by atoms with van der Waals surface area (Å²) in [6, 6.07) is 13.8. The van der Waals surface area contributed by atoms with Gasteiger partial charge in [-0.15, -0.1) is 0 Å². The second-order valence-corrected chi connectivity index (χ2v) is 9.19. The average molecular weight is 543 g/mol. The fraction of sp³-hybridized carbons (Fsp3) is 0.379. The van der Waals surface area contributed by atoms with Gasteiger partial charge >= 0.3 is 6.18 Å². The van der Waals surface area contributed by atoms with Gasteiger partial charge in [0.25, 0.3) is 5.91 Å². The van der Waals surface area contributed by atoms with Crippen molar-refractivity contribution in [3.8, 4) is 0 Å². The molecule has 0 bridgehead atoms. The van der Waals surface area contributed by atoms with Crippen LogP contribution in [-0.4, -0.2) is 55.6 Å². The first kappa shape index (κ1) is 29.9. The number of hydrogen-bond donors (Lipinski definition) is 4. The van der Waals surface area contributed by atoms with Gasteiger partial charge in [-0.3, -0.25) is 4.79 Å². The molecule has 7 nitrogen and oxygen atoms in total. The van der Waals surface area contributed by atoms with E-state index < -0.39 is 11.7 Å². The molecule has 0 saturated carbocycles. The number of benzene rings is 2. The second-order valence-electron chi connectivity index (χ2n) is 9.19. The van der Waals surface area contributed by atoms with E-state index in [0.29, 0.717) is 36.4 Å². The van der Waals surface area contributed by atoms with Crippen LogP contribution in [0.4, 0.5) is 36.1 Å². The highest BCUT2D eigenvalue weighted by molar-refractivity contribution is 5.95. The summed E-state index contributed by atoms with van der Waals surface area (Å²) >= 11 is 0. The Bertz CT molecular complexity index is 1240. The van der Waals surface area contributed by atoms with E-state index in [1.807, 2.05) is 26.1 Å². The van der Waals surface area contributed by atoms with Crippen LogP contribution in [0.2, 0.25) is 0 Å². The van der Waals surface area contributed by atoms with Crippen molar-refractivity contribution in [3.05, 3.63) is 77.0 Å². The molecule has 4 N–H and O–H groups in total. The van der Waals surface area contributed by atoms with Crippen molar-refractivity contribution in [2.75, 3.05) is 50.4 Å². The summed E-state index contributed by atoms with van der Waals surface area (Å²) in [6.45, 7) is 9.84. The van der Waals surface area contributed by atoms with Gasteiger partial charge in [-0.25, -0.2) is 4.98 Å². The minimum atomic E-state index is -4.58. The first-order valence-electron chi connectivity index (χ1n) is 13.1. The Morgan fingerprint density at radius 3 is 2.36 bits per heavy atom. The standard InChI is InChI=1S/C29H37F3N6O/c1-5-38(6-2)16-15-34-28(39)22-11-12-24(20(3)17-22)37-27-18-26(23(19-35-27)29(30,31)32)36-25-10-8-7-9-21(25)13-14-33-4/h7-12,17-19,33H,5-6,13-16H2,1-4H3,(H,34,39)(H2,35,36,37). The van der Waals surface area contributed by atoms with Gasteiger partial charge in [-0.05, 0) is 75.4 Å². The molecule has 0 aliphatic heterocycles. The summed E-state index contributed by atoms with van der Waals surface area (Å²) in [5, 5.41) is 12.1. The lowest BCUT2D eigenvalue weighted by Gasteiger charge is -2.19. The SMILES string of the molecule is CCN(CC)CCNC(=O)c1ccc(Nc2cc(Nc3ccccc3CCNC)c(C(F)(F)F)cn2)c(C)c1. The molecule has 2 aromatic carbocycles. The Hall–Kier alpha value is -3.63. The number of nitrogens with one attached hydrogen (secondary N) is 4. The number of rotatable bonds is 13.